The lowest BCUT2D eigenvalue weighted by Crippen LogP contribution is -2.10. The number of alkyl halides is 1. The van der Waals surface area contributed by atoms with E-state index in [1.807, 2.05) is 52.0 Å². The number of aryl methyl sites for hydroxylation is 4. The maximum Gasteiger partial charge on any atom is 0.221 e. The SMILES string of the molecule is CC#N.CC(=O)Nc1cc(C)c(C(=O)CBr)c(C)c1.CC(=O)Nc1cc(C)c(C(C)=O)c(C)c1. The Kier molecular flexibility index (Phi) is 13.3. The number of benzene rings is 2. The lowest BCUT2D eigenvalue weighted by atomic mass is 9.99. The summed E-state index contributed by atoms with van der Waals surface area (Å²) in [5.74, 6) is -0.105. The maximum atomic E-state index is 11.7. The van der Waals surface area contributed by atoms with Gasteiger partial charge in [0.2, 0.25) is 11.8 Å². The van der Waals surface area contributed by atoms with Gasteiger partial charge in [0.05, 0.1) is 11.4 Å². The zero-order chi connectivity index (χ0) is 26.6. The lowest BCUT2D eigenvalue weighted by molar-refractivity contribution is -0.115. The van der Waals surface area contributed by atoms with Crippen LogP contribution in [0.25, 0.3) is 0 Å². The molecule has 0 atom stereocenters. The fourth-order valence-electron chi connectivity index (χ4n) is 3.54. The Balaban J connectivity index is 0.000000575. The lowest BCUT2D eigenvalue weighted by Gasteiger charge is -2.11. The first kappa shape index (κ1) is 30.7. The molecule has 0 aliphatic heterocycles. The van der Waals surface area contributed by atoms with Gasteiger partial charge in [-0.25, -0.2) is 0 Å². The Morgan fingerprint density at radius 2 is 1.06 bits per heavy atom. The molecule has 0 unspecified atom stereocenters. The van der Waals surface area contributed by atoms with Crippen molar-refractivity contribution in [1.29, 1.82) is 5.26 Å². The molecule has 2 amide bonds. The zero-order valence-electron chi connectivity index (χ0n) is 21.0. The molecule has 2 aromatic carbocycles. The number of nitrogens with one attached hydrogen (secondary N) is 2. The first-order valence-electron chi connectivity index (χ1n) is 10.5. The van der Waals surface area contributed by atoms with Crippen molar-refractivity contribution >= 4 is 50.7 Å². The van der Waals surface area contributed by atoms with Gasteiger partial charge in [-0.15, -0.1) is 0 Å². The fraction of sp³-hybridized carbons (Fsp3) is 0.346. The van der Waals surface area contributed by atoms with Crippen LogP contribution in [-0.4, -0.2) is 28.7 Å². The number of amides is 2. The van der Waals surface area contributed by atoms with Gasteiger partial charge in [0, 0.05) is 43.3 Å². The molecular weight excluding hydrogens is 498 g/mol. The highest BCUT2D eigenvalue weighted by atomic mass is 79.9. The van der Waals surface area contributed by atoms with Crippen molar-refractivity contribution in [1.82, 2.24) is 0 Å². The van der Waals surface area contributed by atoms with Gasteiger partial charge in [0.25, 0.3) is 0 Å². The number of ketones is 2. The van der Waals surface area contributed by atoms with Crippen molar-refractivity contribution in [3.8, 4) is 6.07 Å². The molecule has 7 nitrogen and oxygen atoms in total. The second-order valence-corrected chi connectivity index (χ2v) is 8.23. The van der Waals surface area contributed by atoms with Gasteiger partial charge in [0.1, 0.15) is 0 Å². The van der Waals surface area contributed by atoms with Crippen molar-refractivity contribution in [3.63, 3.8) is 0 Å². The summed E-state index contributed by atoms with van der Waals surface area (Å²) < 4.78 is 0. The Labute approximate surface area is 210 Å². The largest absolute Gasteiger partial charge is 0.326 e. The van der Waals surface area contributed by atoms with E-state index >= 15 is 0 Å². The van der Waals surface area contributed by atoms with Crippen LogP contribution >= 0.6 is 15.9 Å². The minimum absolute atomic E-state index is 0.0550. The van der Waals surface area contributed by atoms with Crippen LogP contribution < -0.4 is 10.6 Å². The van der Waals surface area contributed by atoms with E-state index < -0.39 is 0 Å². The summed E-state index contributed by atoms with van der Waals surface area (Å²) in [6.07, 6.45) is 0. The molecule has 2 rings (SSSR count). The number of anilines is 2. The highest BCUT2D eigenvalue weighted by Gasteiger charge is 2.12. The van der Waals surface area contributed by atoms with Gasteiger partial charge in [-0.05, 0) is 81.1 Å². The van der Waals surface area contributed by atoms with Gasteiger partial charge in [-0.3, -0.25) is 19.2 Å². The van der Waals surface area contributed by atoms with Gasteiger partial charge in [-0.1, -0.05) is 15.9 Å². The molecule has 0 aliphatic carbocycles. The van der Waals surface area contributed by atoms with E-state index in [4.69, 9.17) is 5.26 Å². The third-order valence-corrected chi connectivity index (χ3v) is 4.97. The van der Waals surface area contributed by atoms with Gasteiger partial charge in [0.15, 0.2) is 11.6 Å². The molecule has 2 N–H and O–H groups in total. The standard InChI is InChI=1S/C12H14BrNO2.C12H15NO2.C2H3N/c1-7-4-10(14-9(3)15)5-8(2)12(7)11(16)6-13;1-7-5-11(13-10(4)15)6-8(2)12(7)9(3)14;1-2-3/h4-5H,6H2,1-3H3,(H,14,15);5-6H,1-4H3,(H,13,15);1H3. The van der Waals surface area contributed by atoms with Crippen molar-refractivity contribution in [2.75, 3.05) is 16.0 Å². The highest BCUT2D eigenvalue weighted by Crippen LogP contribution is 2.22. The number of carbonyl (C=O) groups is 4. The Morgan fingerprint density at radius 3 is 1.29 bits per heavy atom. The Bertz CT molecular complexity index is 1070. The van der Waals surface area contributed by atoms with Crippen LogP contribution in [0.15, 0.2) is 24.3 Å². The predicted octanol–water partition coefficient (Wildman–Crippen LogP) is 5.83. The van der Waals surface area contributed by atoms with E-state index in [9.17, 15) is 19.2 Å². The Hall–Kier alpha value is -3.31. The van der Waals surface area contributed by atoms with Crippen LogP contribution in [0.1, 0.15) is 70.7 Å². The second kappa shape index (κ2) is 14.8. The molecule has 0 aliphatic rings. The number of hydrogen-bond acceptors (Lipinski definition) is 5. The molecule has 0 heterocycles. The molecule has 34 heavy (non-hydrogen) atoms. The van der Waals surface area contributed by atoms with Crippen molar-refractivity contribution < 1.29 is 19.2 Å². The molecule has 0 fully saturated rings. The fourth-order valence-corrected chi connectivity index (χ4v) is 3.82. The molecule has 0 spiro atoms. The number of hydrogen-bond donors (Lipinski definition) is 2. The molecule has 182 valence electrons. The quantitative estimate of drug-likeness (QED) is 0.373. The second-order valence-electron chi connectivity index (χ2n) is 7.67. The summed E-state index contributed by atoms with van der Waals surface area (Å²) in [7, 11) is 0. The maximum absolute atomic E-state index is 11.7. The smallest absolute Gasteiger partial charge is 0.221 e. The first-order chi connectivity index (χ1) is 15.8. The van der Waals surface area contributed by atoms with Crippen LogP contribution in [0.4, 0.5) is 11.4 Å². The molecule has 0 radical (unpaired) electrons. The third-order valence-electron chi connectivity index (χ3n) is 4.46. The molecular formula is C26H32BrN3O4. The monoisotopic (exact) mass is 529 g/mol. The van der Waals surface area contributed by atoms with E-state index in [0.29, 0.717) is 5.33 Å². The van der Waals surface area contributed by atoms with Gasteiger partial charge in [-0.2, -0.15) is 5.26 Å². The predicted molar refractivity (Wildman–Crippen MR) is 140 cm³/mol. The number of nitriles is 1. The molecule has 0 aromatic heterocycles. The minimum Gasteiger partial charge on any atom is -0.326 e. The van der Waals surface area contributed by atoms with Crippen LogP contribution in [0.3, 0.4) is 0 Å². The van der Waals surface area contributed by atoms with Crippen molar-refractivity contribution in [3.05, 3.63) is 57.6 Å². The summed E-state index contributed by atoms with van der Waals surface area (Å²) in [6, 6.07) is 8.99. The van der Waals surface area contributed by atoms with E-state index in [2.05, 4.69) is 26.6 Å². The van der Waals surface area contributed by atoms with E-state index in [1.165, 1.54) is 20.8 Å². The topological polar surface area (TPSA) is 116 Å². The average molecular weight is 530 g/mol. The molecule has 0 bridgehead atoms. The van der Waals surface area contributed by atoms with Crippen LogP contribution in [-0.2, 0) is 9.59 Å². The normalized spacial score (nSPS) is 9.29. The first-order valence-corrected chi connectivity index (χ1v) is 11.6. The van der Waals surface area contributed by atoms with Gasteiger partial charge < -0.3 is 10.6 Å². The molecule has 0 saturated carbocycles. The van der Waals surface area contributed by atoms with Crippen molar-refractivity contribution in [2.24, 2.45) is 0 Å². The number of carbonyl (C=O) groups excluding carboxylic acids is 4. The Morgan fingerprint density at radius 1 is 0.765 bits per heavy atom. The van der Waals surface area contributed by atoms with Crippen LogP contribution in [0.2, 0.25) is 0 Å². The van der Waals surface area contributed by atoms with E-state index in [1.54, 1.807) is 13.0 Å². The average Bonchev–Trinajstić information content (AvgIpc) is 2.66. The molecule has 0 saturated heterocycles. The van der Waals surface area contributed by atoms with E-state index in [-0.39, 0.29) is 23.4 Å². The summed E-state index contributed by atoms with van der Waals surface area (Å²) in [4.78, 5) is 44.8. The van der Waals surface area contributed by atoms with Crippen LogP contribution in [0, 0.1) is 39.0 Å². The highest BCUT2D eigenvalue weighted by molar-refractivity contribution is 9.09. The summed E-state index contributed by atoms with van der Waals surface area (Å²) in [5.41, 5.74) is 6.49. The molecule has 8 heteroatoms. The molecule has 2 aromatic rings. The zero-order valence-corrected chi connectivity index (χ0v) is 22.6. The van der Waals surface area contributed by atoms with Crippen LogP contribution in [0.5, 0.6) is 0 Å². The third kappa shape index (κ3) is 10.1. The summed E-state index contributed by atoms with van der Waals surface area (Å²) >= 11 is 3.16. The van der Waals surface area contributed by atoms with E-state index in [0.717, 1.165) is 44.8 Å². The number of nitrogens with zero attached hydrogens (tertiary/aromatic N) is 1. The number of halogens is 1. The van der Waals surface area contributed by atoms with Gasteiger partial charge >= 0.3 is 0 Å². The number of rotatable bonds is 5. The summed E-state index contributed by atoms with van der Waals surface area (Å²) in [6.45, 7) is 13.4. The minimum atomic E-state index is -0.113. The van der Waals surface area contributed by atoms with Crippen molar-refractivity contribution in [2.45, 2.75) is 55.4 Å². The number of Topliss-reactive ketones (excluding diaryl/α,β-unsaturated/α-hetero) is 2. The summed E-state index contributed by atoms with van der Waals surface area (Å²) in [5, 5.41) is 13.0.